The third-order valence-corrected chi connectivity index (χ3v) is 5.15. The highest BCUT2D eigenvalue weighted by atomic mass is 32.2. The average molecular weight is 301 g/mol. The molecule has 1 heterocycles. The van der Waals surface area contributed by atoms with E-state index in [1.165, 1.54) is 23.5 Å². The number of rotatable bonds is 4. The summed E-state index contributed by atoms with van der Waals surface area (Å²) in [4.78, 5) is 9.92. The van der Waals surface area contributed by atoms with Crippen LogP contribution in [-0.4, -0.2) is 43.9 Å². The summed E-state index contributed by atoms with van der Waals surface area (Å²) in [6, 6.07) is 3.56. The maximum absolute atomic E-state index is 12.5. The van der Waals surface area contributed by atoms with Crippen LogP contribution in [0.2, 0.25) is 0 Å². The van der Waals surface area contributed by atoms with Crippen molar-refractivity contribution in [2.24, 2.45) is 0 Å². The summed E-state index contributed by atoms with van der Waals surface area (Å²) in [7, 11) is -2.41. The molecule has 2 rings (SSSR count). The molecule has 0 radical (unpaired) electrons. The minimum atomic E-state index is -3.92. The summed E-state index contributed by atoms with van der Waals surface area (Å²) >= 11 is 0. The molecule has 0 amide bonds. The highest BCUT2D eigenvalue weighted by molar-refractivity contribution is 7.89. The Morgan fingerprint density at radius 3 is 2.75 bits per heavy atom. The first kappa shape index (κ1) is 14.7. The van der Waals surface area contributed by atoms with Crippen LogP contribution in [0.25, 0.3) is 0 Å². The first-order chi connectivity index (χ1) is 9.36. The Hall–Kier alpha value is -1.71. The number of benzene rings is 1. The molecule has 9 heteroatoms. The zero-order valence-electron chi connectivity index (χ0n) is 10.9. The summed E-state index contributed by atoms with van der Waals surface area (Å²) in [6.45, 7) is 0.475. The number of nitro groups is 1. The molecular formula is C11H15N3O5S. The predicted molar refractivity (Wildman–Crippen MR) is 71.7 cm³/mol. The number of anilines is 1. The highest BCUT2D eigenvalue weighted by Gasteiger charge is 2.36. The number of hydrogen-bond acceptors (Lipinski definition) is 6. The molecule has 1 unspecified atom stereocenters. The largest absolute Gasteiger partial charge is 0.399 e. The minimum Gasteiger partial charge on any atom is -0.399 e. The molecule has 0 bridgehead atoms. The zero-order chi connectivity index (χ0) is 14.9. The Morgan fingerprint density at radius 2 is 2.20 bits per heavy atom. The molecule has 110 valence electrons. The van der Waals surface area contributed by atoms with Gasteiger partial charge in [0.1, 0.15) is 0 Å². The van der Waals surface area contributed by atoms with Crippen LogP contribution in [0.4, 0.5) is 11.4 Å². The number of nitrogens with two attached hydrogens (primary N) is 1. The fraction of sp³-hybridized carbons (Fsp3) is 0.455. The van der Waals surface area contributed by atoms with Crippen LogP contribution < -0.4 is 5.73 Å². The van der Waals surface area contributed by atoms with E-state index in [-0.39, 0.29) is 29.8 Å². The van der Waals surface area contributed by atoms with E-state index in [1.54, 1.807) is 0 Å². The van der Waals surface area contributed by atoms with Gasteiger partial charge in [0, 0.05) is 32.0 Å². The van der Waals surface area contributed by atoms with Gasteiger partial charge >= 0.3 is 0 Å². The van der Waals surface area contributed by atoms with Crippen molar-refractivity contribution < 1.29 is 18.1 Å². The van der Waals surface area contributed by atoms with Crippen LogP contribution in [0.3, 0.4) is 0 Å². The van der Waals surface area contributed by atoms with Gasteiger partial charge in [-0.25, -0.2) is 8.42 Å². The van der Waals surface area contributed by atoms with Gasteiger partial charge in [0.05, 0.1) is 11.0 Å². The van der Waals surface area contributed by atoms with Crippen molar-refractivity contribution in [2.75, 3.05) is 25.9 Å². The second-order valence-electron chi connectivity index (χ2n) is 4.49. The third-order valence-electron chi connectivity index (χ3n) is 3.24. The Kier molecular flexibility index (Phi) is 3.93. The van der Waals surface area contributed by atoms with E-state index < -0.39 is 20.6 Å². The lowest BCUT2D eigenvalue weighted by Gasteiger charge is -2.16. The van der Waals surface area contributed by atoms with Gasteiger partial charge in [0.2, 0.25) is 10.0 Å². The molecule has 1 aromatic carbocycles. The molecule has 0 saturated carbocycles. The Labute approximate surface area is 116 Å². The lowest BCUT2D eigenvalue weighted by Crippen LogP contribution is -2.30. The van der Waals surface area contributed by atoms with Gasteiger partial charge in [-0.15, -0.1) is 0 Å². The van der Waals surface area contributed by atoms with E-state index in [2.05, 4.69) is 0 Å². The summed E-state index contributed by atoms with van der Waals surface area (Å²) in [6.07, 6.45) is 0.385. The molecule has 8 nitrogen and oxygen atoms in total. The Bertz CT molecular complexity index is 631. The molecule has 0 aliphatic carbocycles. The molecular weight excluding hydrogens is 286 g/mol. The predicted octanol–water partition coefficient (Wildman–Crippen LogP) is 0.586. The van der Waals surface area contributed by atoms with Crippen molar-refractivity contribution in [1.82, 2.24) is 4.31 Å². The molecule has 2 N–H and O–H groups in total. The smallest absolute Gasteiger partial charge is 0.291 e. The lowest BCUT2D eigenvalue weighted by atomic mass is 10.3. The zero-order valence-corrected chi connectivity index (χ0v) is 11.7. The van der Waals surface area contributed by atoms with Crippen LogP contribution in [0.5, 0.6) is 0 Å². The van der Waals surface area contributed by atoms with E-state index >= 15 is 0 Å². The lowest BCUT2D eigenvalue weighted by molar-refractivity contribution is -0.387. The number of nitro benzene ring substituents is 1. The van der Waals surface area contributed by atoms with Gasteiger partial charge in [0.15, 0.2) is 4.90 Å². The first-order valence-corrected chi connectivity index (χ1v) is 7.37. The maximum atomic E-state index is 12.5. The third kappa shape index (κ3) is 2.60. The highest BCUT2D eigenvalue weighted by Crippen LogP contribution is 2.30. The molecule has 1 fully saturated rings. The van der Waals surface area contributed by atoms with Gasteiger partial charge in [-0.05, 0) is 18.6 Å². The van der Waals surface area contributed by atoms with Crippen molar-refractivity contribution in [3.05, 3.63) is 28.3 Å². The van der Waals surface area contributed by atoms with Crippen LogP contribution in [-0.2, 0) is 14.8 Å². The fourth-order valence-corrected chi connectivity index (χ4v) is 3.77. The number of ether oxygens (including phenoxy) is 1. The maximum Gasteiger partial charge on any atom is 0.291 e. The average Bonchev–Trinajstić information content (AvgIpc) is 2.87. The molecule has 1 saturated heterocycles. The Balaban J connectivity index is 2.42. The molecule has 1 atom stereocenters. The SMILES string of the molecule is COC1CCN(S(=O)(=O)c2ccc(N)cc2[N+](=O)[O-])C1. The normalized spacial score (nSPS) is 20.1. The summed E-state index contributed by atoms with van der Waals surface area (Å²) in [5.41, 5.74) is 5.11. The number of sulfonamides is 1. The second-order valence-corrected chi connectivity index (χ2v) is 6.40. The van der Waals surface area contributed by atoms with Crippen molar-refractivity contribution in [2.45, 2.75) is 17.4 Å². The number of methoxy groups -OCH3 is 1. The second kappa shape index (κ2) is 5.35. The minimum absolute atomic E-state index is 0.145. The van der Waals surface area contributed by atoms with E-state index in [0.29, 0.717) is 6.42 Å². The summed E-state index contributed by atoms with van der Waals surface area (Å²) < 4.78 is 31.2. The summed E-state index contributed by atoms with van der Waals surface area (Å²) in [5, 5.41) is 11.0. The Morgan fingerprint density at radius 1 is 1.50 bits per heavy atom. The van der Waals surface area contributed by atoms with Gasteiger partial charge < -0.3 is 10.5 Å². The van der Waals surface area contributed by atoms with Gasteiger partial charge in [0.25, 0.3) is 5.69 Å². The molecule has 1 aromatic rings. The van der Waals surface area contributed by atoms with Gasteiger partial charge in [-0.2, -0.15) is 4.31 Å². The number of nitrogens with zero attached hydrogens (tertiary/aromatic N) is 2. The van der Waals surface area contributed by atoms with Gasteiger partial charge in [-0.1, -0.05) is 0 Å². The standard InChI is InChI=1S/C11H15N3O5S/c1-19-9-4-5-13(7-9)20(17,18)11-3-2-8(12)6-10(11)14(15)16/h2-3,6,9H,4-5,7,12H2,1H3. The topological polar surface area (TPSA) is 116 Å². The van der Waals surface area contributed by atoms with E-state index in [1.807, 2.05) is 0 Å². The molecule has 20 heavy (non-hydrogen) atoms. The van der Waals surface area contributed by atoms with Crippen LogP contribution >= 0.6 is 0 Å². The fourth-order valence-electron chi connectivity index (χ4n) is 2.14. The molecule has 0 aromatic heterocycles. The first-order valence-electron chi connectivity index (χ1n) is 5.93. The van der Waals surface area contributed by atoms with Gasteiger partial charge in [-0.3, -0.25) is 10.1 Å². The quantitative estimate of drug-likeness (QED) is 0.494. The van der Waals surface area contributed by atoms with Crippen molar-refractivity contribution in [3.8, 4) is 0 Å². The number of hydrogen-bond donors (Lipinski definition) is 1. The molecule has 0 spiro atoms. The van der Waals surface area contributed by atoms with Crippen LogP contribution in [0.1, 0.15) is 6.42 Å². The van der Waals surface area contributed by atoms with Crippen LogP contribution in [0.15, 0.2) is 23.1 Å². The van der Waals surface area contributed by atoms with Crippen molar-refractivity contribution in [3.63, 3.8) is 0 Å². The molecule has 1 aliphatic heterocycles. The van der Waals surface area contributed by atoms with E-state index in [9.17, 15) is 18.5 Å². The van der Waals surface area contributed by atoms with Crippen molar-refractivity contribution in [1.29, 1.82) is 0 Å². The monoisotopic (exact) mass is 301 g/mol. The van der Waals surface area contributed by atoms with Crippen molar-refractivity contribution >= 4 is 21.4 Å². The summed E-state index contributed by atoms with van der Waals surface area (Å²) in [5.74, 6) is 0. The van der Waals surface area contributed by atoms with E-state index in [0.717, 1.165) is 6.07 Å². The van der Waals surface area contributed by atoms with Crippen LogP contribution in [0, 0.1) is 10.1 Å². The number of nitrogen functional groups attached to an aromatic ring is 1. The van der Waals surface area contributed by atoms with E-state index in [4.69, 9.17) is 10.5 Å². The molecule has 1 aliphatic rings.